The van der Waals surface area contributed by atoms with Gasteiger partial charge in [0.2, 0.25) is 0 Å². The molecular formula is C20H17ClFN3O5. The lowest BCUT2D eigenvalue weighted by molar-refractivity contribution is -0.0472. The molecule has 1 aliphatic heterocycles. The van der Waals surface area contributed by atoms with Crippen molar-refractivity contribution in [3.8, 4) is 5.75 Å². The zero-order chi connectivity index (χ0) is 21.3. The summed E-state index contributed by atoms with van der Waals surface area (Å²) in [6.45, 7) is 0.956. The van der Waals surface area contributed by atoms with Gasteiger partial charge in [0, 0.05) is 25.3 Å². The minimum Gasteiger partial charge on any atom is -0.497 e. The van der Waals surface area contributed by atoms with Crippen LogP contribution in [0.1, 0.15) is 27.5 Å². The van der Waals surface area contributed by atoms with Crippen LogP contribution in [-0.2, 0) is 4.74 Å². The maximum Gasteiger partial charge on any atom is 0.311 e. The third kappa shape index (κ3) is 4.07. The molecule has 2 amide bonds. The first-order valence-electron chi connectivity index (χ1n) is 9.09. The fourth-order valence-electron chi connectivity index (χ4n) is 2.91. The number of anilines is 1. The average Bonchev–Trinajstić information content (AvgIpc) is 3.11. The van der Waals surface area contributed by atoms with Crippen LogP contribution in [0.25, 0.3) is 11.1 Å². The van der Waals surface area contributed by atoms with Crippen LogP contribution in [0.5, 0.6) is 5.75 Å². The number of aromatic nitrogens is 1. The highest BCUT2D eigenvalue weighted by atomic mass is 35.5. The largest absolute Gasteiger partial charge is 0.497 e. The summed E-state index contributed by atoms with van der Waals surface area (Å²) >= 11 is 6.12. The number of fused-ring (bicyclic) bond motifs is 1. The second kappa shape index (κ2) is 8.29. The maximum absolute atomic E-state index is 14.0. The Morgan fingerprint density at radius 3 is 2.77 bits per heavy atom. The molecule has 2 aromatic carbocycles. The van der Waals surface area contributed by atoms with Crippen LogP contribution in [0, 0.1) is 5.82 Å². The van der Waals surface area contributed by atoms with E-state index in [-0.39, 0.29) is 33.7 Å². The van der Waals surface area contributed by atoms with Crippen molar-refractivity contribution in [2.45, 2.75) is 12.5 Å². The Kier molecular flexibility index (Phi) is 5.56. The number of halogens is 2. The topological polar surface area (TPSA) is 103 Å². The monoisotopic (exact) mass is 433 g/mol. The summed E-state index contributed by atoms with van der Waals surface area (Å²) in [6, 6.07) is 6.83. The quantitative estimate of drug-likeness (QED) is 0.617. The summed E-state index contributed by atoms with van der Waals surface area (Å²) in [5, 5.41) is 5.49. The third-order valence-electron chi connectivity index (χ3n) is 4.60. The molecule has 156 valence electrons. The van der Waals surface area contributed by atoms with Crippen LogP contribution in [0.3, 0.4) is 0 Å². The predicted octanol–water partition coefficient (Wildman–Crippen LogP) is 3.40. The number of benzene rings is 2. The van der Waals surface area contributed by atoms with Crippen LogP contribution in [0.2, 0.25) is 5.02 Å². The second-order valence-corrected chi connectivity index (χ2v) is 7.02. The van der Waals surface area contributed by atoms with Crippen LogP contribution in [0.4, 0.5) is 10.1 Å². The Hall–Kier alpha value is -3.17. The Balaban J connectivity index is 1.57. The molecule has 1 saturated heterocycles. The Bertz CT molecular complexity index is 1130. The number of ether oxygens (including phenoxy) is 2. The van der Waals surface area contributed by atoms with E-state index in [0.717, 1.165) is 18.6 Å². The van der Waals surface area contributed by atoms with Gasteiger partial charge in [-0.1, -0.05) is 11.6 Å². The van der Waals surface area contributed by atoms with Crippen molar-refractivity contribution in [2.75, 3.05) is 25.6 Å². The zero-order valence-electron chi connectivity index (χ0n) is 15.8. The fourth-order valence-corrected chi connectivity index (χ4v) is 3.13. The van der Waals surface area contributed by atoms with E-state index >= 15 is 0 Å². The smallest absolute Gasteiger partial charge is 0.311 e. The van der Waals surface area contributed by atoms with E-state index in [9.17, 15) is 14.0 Å². The molecule has 4 rings (SSSR count). The molecule has 3 aromatic rings. The van der Waals surface area contributed by atoms with Gasteiger partial charge in [-0.2, -0.15) is 0 Å². The highest BCUT2D eigenvalue weighted by Crippen LogP contribution is 2.28. The van der Waals surface area contributed by atoms with Crippen molar-refractivity contribution >= 4 is 40.2 Å². The van der Waals surface area contributed by atoms with E-state index in [4.69, 9.17) is 25.5 Å². The number of carbonyl (C=O) groups is 2. The predicted molar refractivity (Wildman–Crippen MR) is 107 cm³/mol. The van der Waals surface area contributed by atoms with Crippen LogP contribution in [0.15, 0.2) is 34.7 Å². The van der Waals surface area contributed by atoms with Gasteiger partial charge in [0.15, 0.2) is 5.58 Å². The molecular weight excluding hydrogens is 417 g/mol. The van der Waals surface area contributed by atoms with Gasteiger partial charge in [-0.05, 0) is 24.6 Å². The highest BCUT2D eigenvalue weighted by Gasteiger charge is 2.23. The number of nitrogens with one attached hydrogen (secondary N) is 2. The molecule has 1 fully saturated rings. The molecule has 1 aliphatic rings. The minimum atomic E-state index is -0.701. The standard InChI is InChI=1S/C20H17ClFN3O5/c1-28-11-2-3-15(14(21)8-11)24-19(27)20-25-16-7-10(22)6-13(17(16)30-20)18(26)23-9-12-4-5-29-12/h2-3,6-8,12H,4-5,9H2,1H3,(H,23,26)(H,24,27). The summed E-state index contributed by atoms with van der Waals surface area (Å²) in [6.07, 6.45) is 0.794. The van der Waals surface area contributed by atoms with Crippen LogP contribution >= 0.6 is 11.6 Å². The molecule has 0 spiro atoms. The van der Waals surface area contributed by atoms with Crippen molar-refractivity contribution < 1.29 is 27.9 Å². The zero-order valence-corrected chi connectivity index (χ0v) is 16.6. The summed E-state index contributed by atoms with van der Waals surface area (Å²) in [4.78, 5) is 29.0. The van der Waals surface area contributed by atoms with Gasteiger partial charge in [-0.3, -0.25) is 9.59 Å². The first-order valence-corrected chi connectivity index (χ1v) is 9.47. The van der Waals surface area contributed by atoms with Crippen LogP contribution in [-0.4, -0.2) is 43.2 Å². The molecule has 8 nitrogen and oxygen atoms in total. The van der Waals surface area contributed by atoms with Gasteiger partial charge in [-0.15, -0.1) is 0 Å². The molecule has 0 aliphatic carbocycles. The van der Waals surface area contributed by atoms with Crippen molar-refractivity contribution in [1.82, 2.24) is 10.3 Å². The lowest BCUT2D eigenvalue weighted by Gasteiger charge is -2.26. The molecule has 2 N–H and O–H groups in total. The number of carbonyl (C=O) groups excluding carboxylic acids is 2. The van der Waals surface area contributed by atoms with E-state index < -0.39 is 17.6 Å². The van der Waals surface area contributed by atoms with Gasteiger partial charge in [0.25, 0.3) is 11.8 Å². The molecule has 0 radical (unpaired) electrons. The minimum absolute atomic E-state index is 0.00871. The molecule has 1 atom stereocenters. The van der Waals surface area contributed by atoms with E-state index in [1.807, 2.05) is 0 Å². The van der Waals surface area contributed by atoms with E-state index in [0.29, 0.717) is 24.6 Å². The molecule has 30 heavy (non-hydrogen) atoms. The summed E-state index contributed by atoms with van der Waals surface area (Å²) < 4.78 is 29.8. The number of oxazole rings is 1. The van der Waals surface area contributed by atoms with Gasteiger partial charge in [0.05, 0.1) is 29.5 Å². The number of rotatable bonds is 6. The number of hydrogen-bond donors (Lipinski definition) is 2. The molecule has 0 saturated carbocycles. The van der Waals surface area contributed by atoms with E-state index in [1.54, 1.807) is 12.1 Å². The third-order valence-corrected chi connectivity index (χ3v) is 4.91. The first-order chi connectivity index (χ1) is 14.4. The normalized spacial score (nSPS) is 15.5. The van der Waals surface area contributed by atoms with Gasteiger partial charge >= 0.3 is 5.91 Å². The lowest BCUT2D eigenvalue weighted by atomic mass is 10.1. The Morgan fingerprint density at radius 1 is 1.30 bits per heavy atom. The average molecular weight is 434 g/mol. The van der Waals surface area contributed by atoms with E-state index in [1.165, 1.54) is 13.2 Å². The number of hydrogen-bond acceptors (Lipinski definition) is 6. The Labute approximate surface area is 175 Å². The Morgan fingerprint density at radius 2 is 2.10 bits per heavy atom. The molecule has 1 unspecified atom stereocenters. The number of methoxy groups -OCH3 is 1. The fraction of sp³-hybridized carbons (Fsp3) is 0.250. The molecule has 0 bridgehead atoms. The second-order valence-electron chi connectivity index (χ2n) is 6.61. The molecule has 10 heteroatoms. The van der Waals surface area contributed by atoms with Crippen LogP contribution < -0.4 is 15.4 Å². The van der Waals surface area contributed by atoms with Crippen molar-refractivity contribution in [3.63, 3.8) is 0 Å². The molecule has 1 aromatic heterocycles. The summed E-state index contributed by atoms with van der Waals surface area (Å²) in [5.74, 6) is -1.73. The number of nitrogens with zero attached hydrogens (tertiary/aromatic N) is 1. The van der Waals surface area contributed by atoms with Gasteiger partial charge in [-0.25, -0.2) is 9.37 Å². The molecule has 2 heterocycles. The first kappa shape index (κ1) is 20.1. The van der Waals surface area contributed by atoms with Gasteiger partial charge in [0.1, 0.15) is 17.1 Å². The maximum atomic E-state index is 14.0. The lowest BCUT2D eigenvalue weighted by Crippen LogP contribution is -2.39. The summed E-state index contributed by atoms with van der Waals surface area (Å²) in [5.41, 5.74) is 0.313. The SMILES string of the molecule is COc1ccc(NC(=O)c2nc3cc(F)cc(C(=O)NCC4CCO4)c3o2)c(Cl)c1. The van der Waals surface area contributed by atoms with Crippen molar-refractivity contribution in [3.05, 3.63) is 52.6 Å². The van der Waals surface area contributed by atoms with Crippen molar-refractivity contribution in [2.24, 2.45) is 0 Å². The van der Waals surface area contributed by atoms with Crippen molar-refractivity contribution in [1.29, 1.82) is 0 Å². The summed E-state index contributed by atoms with van der Waals surface area (Å²) in [7, 11) is 1.49. The van der Waals surface area contributed by atoms with E-state index in [2.05, 4.69) is 15.6 Å². The number of amides is 2. The van der Waals surface area contributed by atoms with Gasteiger partial charge < -0.3 is 24.5 Å². The highest BCUT2D eigenvalue weighted by molar-refractivity contribution is 6.34.